The van der Waals surface area contributed by atoms with Crippen molar-refractivity contribution in [2.75, 3.05) is 11.9 Å². The second-order valence-electron chi connectivity index (χ2n) is 3.54. The number of rotatable bonds is 2. The standard InChI is InChI=1S/C10H11F2N2PS/c1-5-4-16-9-8(5)10(15)14(3-7(11)12)6(2)13-9/h4,7,13,15H,2-3H2,1H3. The Morgan fingerprint density at radius 1 is 1.62 bits per heavy atom. The maximum atomic E-state index is 12.4. The molecule has 0 saturated carbocycles. The predicted molar refractivity (Wildman–Crippen MR) is 67.0 cm³/mol. The fourth-order valence-electron chi connectivity index (χ4n) is 1.64. The molecule has 0 radical (unpaired) electrons. The fourth-order valence-corrected chi connectivity index (χ4v) is 3.24. The lowest BCUT2D eigenvalue weighted by Crippen LogP contribution is -2.39. The first-order valence-electron chi connectivity index (χ1n) is 4.69. The van der Waals surface area contributed by atoms with Crippen LogP contribution in [-0.4, -0.2) is 23.3 Å². The number of aryl methyl sites for hydroxylation is 1. The van der Waals surface area contributed by atoms with Gasteiger partial charge in [-0.2, -0.15) is 0 Å². The second kappa shape index (κ2) is 4.15. The van der Waals surface area contributed by atoms with E-state index in [1.54, 1.807) is 11.3 Å². The van der Waals surface area contributed by atoms with Crippen LogP contribution in [0, 0.1) is 6.92 Å². The SMILES string of the molecule is C=C1Nc2scc(C)c2C(=P)N1CC(F)F. The predicted octanol–water partition coefficient (Wildman–Crippen LogP) is 3.14. The third kappa shape index (κ3) is 1.85. The van der Waals surface area contributed by atoms with Crippen molar-refractivity contribution in [3.05, 3.63) is 28.9 Å². The smallest absolute Gasteiger partial charge is 0.256 e. The van der Waals surface area contributed by atoms with Gasteiger partial charge < -0.3 is 10.2 Å². The van der Waals surface area contributed by atoms with Crippen LogP contribution in [-0.2, 0) is 0 Å². The van der Waals surface area contributed by atoms with Crippen molar-refractivity contribution >= 4 is 30.6 Å². The lowest BCUT2D eigenvalue weighted by Gasteiger charge is -2.33. The van der Waals surface area contributed by atoms with Gasteiger partial charge >= 0.3 is 0 Å². The Morgan fingerprint density at radius 3 is 2.94 bits per heavy atom. The summed E-state index contributed by atoms with van der Waals surface area (Å²) in [5.41, 5.74) is 2.65. The molecule has 0 fully saturated rings. The quantitative estimate of drug-likeness (QED) is 0.822. The van der Waals surface area contributed by atoms with Gasteiger partial charge in [-0.05, 0) is 17.9 Å². The molecule has 2 nitrogen and oxygen atoms in total. The maximum absolute atomic E-state index is 12.4. The van der Waals surface area contributed by atoms with Crippen LogP contribution >= 0.6 is 20.2 Å². The summed E-state index contributed by atoms with van der Waals surface area (Å²) in [7, 11) is 3.42. The minimum absolute atomic E-state index is 0.362. The fraction of sp³-hybridized carbons (Fsp3) is 0.300. The highest BCUT2D eigenvalue weighted by Gasteiger charge is 2.27. The highest BCUT2D eigenvalue weighted by atomic mass is 32.1. The summed E-state index contributed by atoms with van der Waals surface area (Å²) < 4.78 is 24.9. The number of nitrogens with zero attached hydrogens (tertiary/aromatic N) is 1. The summed E-state index contributed by atoms with van der Waals surface area (Å²) in [5, 5.41) is 5.96. The van der Waals surface area contributed by atoms with Crippen LogP contribution in [0.5, 0.6) is 0 Å². The molecule has 0 unspecified atom stereocenters. The first kappa shape index (κ1) is 11.6. The van der Waals surface area contributed by atoms with Crippen LogP contribution in [0.25, 0.3) is 0 Å². The zero-order chi connectivity index (χ0) is 11.9. The van der Waals surface area contributed by atoms with E-state index in [9.17, 15) is 8.78 Å². The van der Waals surface area contributed by atoms with Crippen molar-refractivity contribution in [3.8, 4) is 0 Å². The van der Waals surface area contributed by atoms with Crippen LogP contribution in [0.2, 0.25) is 0 Å². The lowest BCUT2D eigenvalue weighted by atomic mass is 10.1. The number of anilines is 1. The summed E-state index contributed by atoms with van der Waals surface area (Å²) in [6.07, 6.45) is -2.40. The van der Waals surface area contributed by atoms with Gasteiger partial charge in [0, 0.05) is 5.56 Å². The van der Waals surface area contributed by atoms with E-state index >= 15 is 0 Å². The third-order valence-electron chi connectivity index (χ3n) is 2.39. The summed E-state index contributed by atoms with van der Waals surface area (Å²) in [4.78, 5) is 1.45. The topological polar surface area (TPSA) is 15.3 Å². The molecule has 16 heavy (non-hydrogen) atoms. The molecule has 1 aromatic rings. The van der Waals surface area contributed by atoms with E-state index in [0.717, 1.165) is 16.1 Å². The first-order chi connectivity index (χ1) is 7.50. The van der Waals surface area contributed by atoms with E-state index in [1.807, 2.05) is 12.3 Å². The van der Waals surface area contributed by atoms with Gasteiger partial charge in [-0.3, -0.25) is 0 Å². The number of thiophene rings is 1. The summed E-state index contributed by atoms with van der Waals surface area (Å²) in [6.45, 7) is 5.33. The van der Waals surface area contributed by atoms with Crippen molar-refractivity contribution in [2.45, 2.75) is 13.3 Å². The first-order valence-corrected chi connectivity index (χ1v) is 6.07. The van der Waals surface area contributed by atoms with Gasteiger partial charge in [-0.1, -0.05) is 15.4 Å². The van der Waals surface area contributed by atoms with Crippen molar-refractivity contribution in [2.24, 2.45) is 0 Å². The molecule has 0 amide bonds. The molecule has 1 aromatic heterocycles. The van der Waals surface area contributed by atoms with Gasteiger partial charge in [-0.15, -0.1) is 11.3 Å². The molecule has 0 spiro atoms. The molecule has 0 atom stereocenters. The molecule has 1 aliphatic rings. The van der Waals surface area contributed by atoms with Crippen LogP contribution in [0.15, 0.2) is 17.8 Å². The van der Waals surface area contributed by atoms with Crippen LogP contribution in [0.3, 0.4) is 0 Å². The molecule has 0 aliphatic carbocycles. The Morgan fingerprint density at radius 2 is 2.31 bits per heavy atom. The molecule has 0 bridgehead atoms. The molecule has 2 heterocycles. The van der Waals surface area contributed by atoms with Crippen molar-refractivity contribution in [1.29, 1.82) is 0 Å². The zero-order valence-electron chi connectivity index (χ0n) is 8.68. The minimum Gasteiger partial charge on any atom is -0.333 e. The second-order valence-corrected chi connectivity index (χ2v) is 4.90. The van der Waals surface area contributed by atoms with Gasteiger partial charge in [-0.25, -0.2) is 8.78 Å². The molecule has 86 valence electrons. The number of alkyl halides is 2. The molecule has 6 heteroatoms. The van der Waals surface area contributed by atoms with Gasteiger partial charge in [0.05, 0.1) is 12.0 Å². The molecule has 0 aromatic carbocycles. The number of fused-ring (bicyclic) bond motifs is 1. The van der Waals surface area contributed by atoms with Gasteiger partial charge in [0.15, 0.2) is 0 Å². The van der Waals surface area contributed by atoms with Crippen molar-refractivity contribution in [1.82, 2.24) is 4.90 Å². The zero-order valence-corrected chi connectivity index (χ0v) is 10.5. The van der Waals surface area contributed by atoms with Crippen LogP contribution in [0.1, 0.15) is 11.1 Å². The molecule has 1 aliphatic heterocycles. The van der Waals surface area contributed by atoms with E-state index in [-0.39, 0.29) is 6.54 Å². The Bertz CT molecular complexity index is 456. The van der Waals surface area contributed by atoms with E-state index < -0.39 is 6.43 Å². The maximum Gasteiger partial charge on any atom is 0.256 e. The number of halogens is 2. The highest BCUT2D eigenvalue weighted by Crippen LogP contribution is 2.35. The summed E-state index contributed by atoms with van der Waals surface area (Å²) in [6, 6.07) is 0. The normalized spacial score (nSPS) is 15.4. The van der Waals surface area contributed by atoms with E-state index in [1.165, 1.54) is 4.90 Å². The minimum atomic E-state index is -2.40. The van der Waals surface area contributed by atoms with E-state index in [2.05, 4.69) is 20.8 Å². The summed E-state index contributed by atoms with van der Waals surface area (Å²) >= 11 is 1.54. The summed E-state index contributed by atoms with van der Waals surface area (Å²) in [5.74, 6) is 0.472. The van der Waals surface area contributed by atoms with Crippen LogP contribution < -0.4 is 5.32 Å². The number of hydrogen-bond acceptors (Lipinski definition) is 2. The molecule has 2 rings (SSSR count). The average molecular weight is 260 g/mol. The average Bonchev–Trinajstić information content (AvgIpc) is 2.54. The lowest BCUT2D eigenvalue weighted by molar-refractivity contribution is 0.126. The van der Waals surface area contributed by atoms with E-state index in [4.69, 9.17) is 0 Å². The Hall–Kier alpha value is -0.930. The van der Waals surface area contributed by atoms with Gasteiger partial charge in [0.25, 0.3) is 6.43 Å². The third-order valence-corrected chi connectivity index (χ3v) is 3.92. The molecular weight excluding hydrogens is 249 g/mol. The Kier molecular flexibility index (Phi) is 3.00. The molecule has 1 N–H and O–H groups in total. The van der Waals surface area contributed by atoms with Crippen molar-refractivity contribution in [3.63, 3.8) is 0 Å². The van der Waals surface area contributed by atoms with Gasteiger partial charge in [0.2, 0.25) is 0 Å². The number of hydrogen-bond donors (Lipinski definition) is 1. The van der Waals surface area contributed by atoms with Crippen LogP contribution in [0.4, 0.5) is 13.8 Å². The Balaban J connectivity index is 2.36. The van der Waals surface area contributed by atoms with E-state index in [0.29, 0.717) is 11.2 Å². The van der Waals surface area contributed by atoms with Gasteiger partial charge in [0.1, 0.15) is 10.8 Å². The van der Waals surface area contributed by atoms with Crippen molar-refractivity contribution < 1.29 is 8.78 Å². The highest BCUT2D eigenvalue weighted by molar-refractivity contribution is 7.23. The number of nitrogens with one attached hydrogen (secondary N) is 1. The molecule has 0 saturated heterocycles. The molecular formula is C10H11F2N2PS. The Labute approximate surface area is 98.8 Å². The monoisotopic (exact) mass is 260 g/mol. The largest absolute Gasteiger partial charge is 0.333 e.